The Kier molecular flexibility index (Phi) is 3.56. The summed E-state index contributed by atoms with van der Waals surface area (Å²) in [6.07, 6.45) is 2.08. The van der Waals surface area contributed by atoms with Crippen molar-refractivity contribution < 1.29 is 9.26 Å². The number of nitrogens with one attached hydrogen (secondary N) is 1. The van der Waals surface area contributed by atoms with E-state index in [2.05, 4.69) is 72.7 Å². The standard InChI is InChI=1S/C19H21N4O/c1-12(2)14-4-5-16-11-23(24-19(16)9-14)10-13(3)15-6-7-17-18(8-15)21-22-20-17/h4-9,11-13H,10H2,1-3H3,(H,20,21,22)/q+1. The number of hydrogen-bond donors (Lipinski definition) is 1. The monoisotopic (exact) mass is 321 g/mol. The lowest BCUT2D eigenvalue weighted by molar-refractivity contribution is -0.861. The summed E-state index contributed by atoms with van der Waals surface area (Å²) in [6, 6.07) is 12.7. The number of rotatable bonds is 4. The van der Waals surface area contributed by atoms with Crippen molar-refractivity contribution >= 4 is 22.0 Å². The van der Waals surface area contributed by atoms with Gasteiger partial charge in [-0.1, -0.05) is 38.1 Å². The molecule has 0 spiro atoms. The highest BCUT2D eigenvalue weighted by atomic mass is 16.5. The molecule has 0 amide bonds. The van der Waals surface area contributed by atoms with Crippen molar-refractivity contribution in [3.63, 3.8) is 0 Å². The van der Waals surface area contributed by atoms with E-state index in [1.807, 2.05) is 10.8 Å². The molecule has 0 bridgehead atoms. The Bertz CT molecular complexity index is 999. The lowest BCUT2D eigenvalue weighted by Gasteiger charge is -2.05. The topological polar surface area (TPSA) is 58.6 Å². The Morgan fingerprint density at radius 3 is 2.75 bits per heavy atom. The minimum absolute atomic E-state index is 0.327. The molecule has 4 aromatic rings. The minimum atomic E-state index is 0.327. The zero-order valence-corrected chi connectivity index (χ0v) is 14.2. The van der Waals surface area contributed by atoms with Crippen molar-refractivity contribution in [3.8, 4) is 0 Å². The molecule has 2 aromatic carbocycles. The molecule has 1 atom stereocenters. The van der Waals surface area contributed by atoms with Gasteiger partial charge in [0, 0.05) is 5.92 Å². The van der Waals surface area contributed by atoms with Crippen LogP contribution >= 0.6 is 0 Å². The highest BCUT2D eigenvalue weighted by Crippen LogP contribution is 2.22. The summed E-state index contributed by atoms with van der Waals surface area (Å²) in [5.41, 5.74) is 5.35. The van der Waals surface area contributed by atoms with E-state index in [1.165, 1.54) is 11.1 Å². The van der Waals surface area contributed by atoms with Gasteiger partial charge in [0.1, 0.15) is 5.52 Å². The third kappa shape index (κ3) is 2.66. The molecule has 5 heteroatoms. The van der Waals surface area contributed by atoms with E-state index in [9.17, 15) is 0 Å². The van der Waals surface area contributed by atoms with Gasteiger partial charge < -0.3 is 0 Å². The summed E-state index contributed by atoms with van der Waals surface area (Å²) < 4.78 is 7.93. The average molecular weight is 321 g/mol. The largest absolute Gasteiger partial charge is 0.258 e. The third-order valence-electron chi connectivity index (χ3n) is 4.57. The number of fused-ring (bicyclic) bond motifs is 2. The molecule has 1 N–H and O–H groups in total. The molecular formula is C19H21N4O+. The van der Waals surface area contributed by atoms with E-state index in [0.717, 1.165) is 28.5 Å². The Hall–Kier alpha value is -2.69. The van der Waals surface area contributed by atoms with Crippen LogP contribution in [0.3, 0.4) is 0 Å². The molecule has 0 radical (unpaired) electrons. The molecule has 0 saturated carbocycles. The van der Waals surface area contributed by atoms with Gasteiger partial charge in [0.15, 0.2) is 6.54 Å². The molecule has 24 heavy (non-hydrogen) atoms. The lowest BCUT2D eigenvalue weighted by atomic mass is 10.0. The maximum absolute atomic E-state index is 6.01. The second-order valence-corrected chi connectivity index (χ2v) is 6.76. The summed E-state index contributed by atoms with van der Waals surface area (Å²) in [6.45, 7) is 7.38. The Morgan fingerprint density at radius 1 is 1.08 bits per heavy atom. The molecule has 2 aromatic heterocycles. The van der Waals surface area contributed by atoms with E-state index in [1.54, 1.807) is 0 Å². The number of aromatic amines is 1. The van der Waals surface area contributed by atoms with E-state index >= 15 is 0 Å². The summed E-state index contributed by atoms with van der Waals surface area (Å²) in [5.74, 6) is 0.828. The Morgan fingerprint density at radius 2 is 1.92 bits per heavy atom. The lowest BCUT2D eigenvalue weighted by Crippen LogP contribution is -2.33. The SMILES string of the molecule is CC(C)c1ccc2c[n+](CC(C)c3ccc4nn[nH]c4c3)oc2c1. The van der Waals surface area contributed by atoms with E-state index in [4.69, 9.17) is 4.52 Å². The van der Waals surface area contributed by atoms with Gasteiger partial charge in [-0.2, -0.15) is 0 Å². The first-order valence-electron chi connectivity index (χ1n) is 8.34. The summed E-state index contributed by atoms with van der Waals surface area (Å²) in [4.78, 5) is 0. The van der Waals surface area contributed by atoms with Crippen LogP contribution in [0.2, 0.25) is 0 Å². The van der Waals surface area contributed by atoms with Crippen molar-refractivity contribution in [2.75, 3.05) is 0 Å². The van der Waals surface area contributed by atoms with Crippen molar-refractivity contribution in [1.29, 1.82) is 0 Å². The zero-order chi connectivity index (χ0) is 16.7. The molecule has 5 nitrogen and oxygen atoms in total. The predicted molar refractivity (Wildman–Crippen MR) is 92.8 cm³/mol. The second kappa shape index (κ2) is 5.74. The molecule has 4 rings (SSSR count). The third-order valence-corrected chi connectivity index (χ3v) is 4.57. The van der Waals surface area contributed by atoms with E-state index < -0.39 is 0 Å². The van der Waals surface area contributed by atoms with Gasteiger partial charge in [0.2, 0.25) is 11.8 Å². The fourth-order valence-corrected chi connectivity index (χ4v) is 3.04. The van der Waals surface area contributed by atoms with Crippen molar-refractivity contribution in [2.24, 2.45) is 0 Å². The van der Waals surface area contributed by atoms with Gasteiger partial charge in [-0.05, 0) is 46.1 Å². The number of H-pyrrole nitrogens is 1. The minimum Gasteiger partial charge on any atom is -0.258 e. The molecule has 1 unspecified atom stereocenters. The molecule has 0 aliphatic carbocycles. The van der Waals surface area contributed by atoms with Crippen LogP contribution in [-0.2, 0) is 6.54 Å². The van der Waals surface area contributed by atoms with E-state index in [0.29, 0.717) is 11.8 Å². The van der Waals surface area contributed by atoms with Gasteiger partial charge in [0.25, 0.3) is 0 Å². The molecule has 0 aliphatic heterocycles. The maximum atomic E-state index is 6.01. The Balaban J connectivity index is 1.60. The van der Waals surface area contributed by atoms with Gasteiger partial charge in [-0.25, -0.2) is 4.52 Å². The van der Waals surface area contributed by atoms with Crippen LogP contribution in [-0.4, -0.2) is 15.4 Å². The highest BCUT2D eigenvalue weighted by molar-refractivity contribution is 5.76. The smallest absolute Gasteiger partial charge is 0.227 e. The number of hydrogen-bond acceptors (Lipinski definition) is 3. The van der Waals surface area contributed by atoms with Gasteiger partial charge >= 0.3 is 0 Å². The molecule has 0 fully saturated rings. The fraction of sp³-hybridized carbons (Fsp3) is 0.316. The first-order chi connectivity index (χ1) is 11.6. The molecular weight excluding hydrogens is 300 g/mol. The molecule has 0 aliphatic rings. The number of aromatic nitrogens is 4. The quantitative estimate of drug-likeness (QED) is 0.580. The number of nitrogens with zero attached hydrogens (tertiary/aromatic N) is 3. The predicted octanol–water partition coefficient (Wildman–Crippen LogP) is 3.92. The van der Waals surface area contributed by atoms with Gasteiger partial charge in [-0.15, -0.1) is 5.10 Å². The van der Waals surface area contributed by atoms with Crippen molar-refractivity contribution in [3.05, 3.63) is 53.7 Å². The first kappa shape index (κ1) is 14.9. The zero-order valence-electron chi connectivity index (χ0n) is 14.2. The Labute approximate surface area is 140 Å². The molecule has 2 heterocycles. The second-order valence-electron chi connectivity index (χ2n) is 6.76. The number of benzene rings is 2. The van der Waals surface area contributed by atoms with Crippen LogP contribution in [0, 0.1) is 0 Å². The van der Waals surface area contributed by atoms with Crippen LogP contribution < -0.4 is 4.74 Å². The highest BCUT2D eigenvalue weighted by Gasteiger charge is 2.18. The summed E-state index contributed by atoms with van der Waals surface area (Å²) in [5, 5.41) is 11.9. The summed E-state index contributed by atoms with van der Waals surface area (Å²) in [7, 11) is 0. The maximum Gasteiger partial charge on any atom is 0.227 e. The van der Waals surface area contributed by atoms with Crippen LogP contribution in [0.1, 0.15) is 43.7 Å². The van der Waals surface area contributed by atoms with Crippen LogP contribution in [0.5, 0.6) is 0 Å². The van der Waals surface area contributed by atoms with Crippen LogP contribution in [0.4, 0.5) is 0 Å². The normalized spacial score (nSPS) is 13.2. The van der Waals surface area contributed by atoms with E-state index in [-0.39, 0.29) is 0 Å². The molecule has 122 valence electrons. The van der Waals surface area contributed by atoms with Gasteiger partial charge in [0.05, 0.1) is 10.9 Å². The first-order valence-corrected chi connectivity index (χ1v) is 8.34. The average Bonchev–Trinajstić information content (AvgIpc) is 3.18. The van der Waals surface area contributed by atoms with Crippen molar-refractivity contribution in [1.82, 2.24) is 15.4 Å². The fourth-order valence-electron chi connectivity index (χ4n) is 3.04. The van der Waals surface area contributed by atoms with Gasteiger partial charge in [-0.3, -0.25) is 5.10 Å². The molecule has 0 saturated heterocycles. The van der Waals surface area contributed by atoms with Crippen LogP contribution in [0.15, 0.2) is 47.1 Å². The summed E-state index contributed by atoms with van der Waals surface area (Å²) >= 11 is 0. The van der Waals surface area contributed by atoms with Crippen LogP contribution in [0.25, 0.3) is 22.0 Å². The van der Waals surface area contributed by atoms with Crippen molar-refractivity contribution in [2.45, 2.75) is 39.2 Å².